The zero-order valence-electron chi connectivity index (χ0n) is 14.0. The number of anilines is 1. The van der Waals surface area contributed by atoms with Gasteiger partial charge in [0.2, 0.25) is 5.91 Å². The number of benzene rings is 1. The molecule has 1 saturated carbocycles. The summed E-state index contributed by atoms with van der Waals surface area (Å²) < 4.78 is 0. The van der Waals surface area contributed by atoms with Crippen molar-refractivity contribution >= 4 is 28.8 Å². The summed E-state index contributed by atoms with van der Waals surface area (Å²) in [7, 11) is 0. The number of nitrogens with zero attached hydrogens (tertiary/aromatic N) is 1. The van der Waals surface area contributed by atoms with Crippen molar-refractivity contribution < 1.29 is 9.59 Å². The van der Waals surface area contributed by atoms with Gasteiger partial charge in [0, 0.05) is 18.2 Å². The Balaban J connectivity index is 1.37. The number of para-hydroxylation sites is 1. The molecule has 2 aliphatic rings. The van der Waals surface area contributed by atoms with Crippen LogP contribution in [0.15, 0.2) is 29.8 Å². The molecule has 1 aromatic carbocycles. The van der Waals surface area contributed by atoms with Crippen LogP contribution in [-0.2, 0) is 4.79 Å². The summed E-state index contributed by atoms with van der Waals surface area (Å²) in [5, 5.41) is 5.88. The highest BCUT2D eigenvalue weighted by molar-refractivity contribution is 7.11. The maximum atomic E-state index is 12.5. The Hall–Kier alpha value is -2.21. The lowest BCUT2D eigenvalue weighted by atomic mass is 9.97. The number of rotatable bonds is 5. The summed E-state index contributed by atoms with van der Waals surface area (Å²) in [5.41, 5.74) is 4.63. The second kappa shape index (κ2) is 6.96. The van der Waals surface area contributed by atoms with Crippen LogP contribution in [0.5, 0.6) is 0 Å². The van der Waals surface area contributed by atoms with Gasteiger partial charge in [-0.25, -0.2) is 4.98 Å². The SMILES string of the molecule is O=C(NCC[C@@H]1C(=O)Nc2ccccc21)c1scnc1C1CCCC1. The van der Waals surface area contributed by atoms with Crippen LogP contribution < -0.4 is 10.6 Å². The molecule has 0 saturated heterocycles. The van der Waals surface area contributed by atoms with Crippen molar-refractivity contribution in [2.24, 2.45) is 0 Å². The lowest BCUT2D eigenvalue weighted by Crippen LogP contribution is -2.27. The van der Waals surface area contributed by atoms with Crippen molar-refractivity contribution in [2.45, 2.75) is 43.9 Å². The van der Waals surface area contributed by atoms with Crippen LogP contribution in [0, 0.1) is 0 Å². The van der Waals surface area contributed by atoms with Gasteiger partial charge in [-0.15, -0.1) is 11.3 Å². The number of hydrogen-bond donors (Lipinski definition) is 2. The minimum absolute atomic E-state index is 0.0138. The molecule has 25 heavy (non-hydrogen) atoms. The predicted molar refractivity (Wildman–Crippen MR) is 98.1 cm³/mol. The summed E-state index contributed by atoms with van der Waals surface area (Å²) in [6.07, 6.45) is 5.30. The first-order valence-corrected chi connectivity index (χ1v) is 9.73. The van der Waals surface area contributed by atoms with Crippen molar-refractivity contribution in [3.8, 4) is 0 Å². The highest BCUT2D eigenvalue weighted by Crippen LogP contribution is 2.36. The number of amides is 2. The quantitative estimate of drug-likeness (QED) is 0.860. The zero-order chi connectivity index (χ0) is 17.2. The Morgan fingerprint density at radius 2 is 2.08 bits per heavy atom. The van der Waals surface area contributed by atoms with Crippen LogP contribution in [0.1, 0.15) is 64.9 Å². The first-order chi connectivity index (χ1) is 12.2. The van der Waals surface area contributed by atoms with Crippen molar-refractivity contribution in [1.29, 1.82) is 0 Å². The largest absolute Gasteiger partial charge is 0.351 e. The van der Waals surface area contributed by atoms with Gasteiger partial charge in [0.15, 0.2) is 0 Å². The van der Waals surface area contributed by atoms with Crippen LogP contribution in [0.2, 0.25) is 0 Å². The third-order valence-corrected chi connectivity index (χ3v) is 6.01. The van der Waals surface area contributed by atoms with E-state index in [1.165, 1.54) is 24.2 Å². The van der Waals surface area contributed by atoms with Gasteiger partial charge in [0.05, 0.1) is 17.1 Å². The number of hydrogen-bond acceptors (Lipinski definition) is 4. The summed E-state index contributed by atoms with van der Waals surface area (Å²) in [6.45, 7) is 0.479. The Labute approximate surface area is 150 Å². The Kier molecular flexibility index (Phi) is 4.53. The van der Waals surface area contributed by atoms with E-state index in [-0.39, 0.29) is 17.7 Å². The van der Waals surface area contributed by atoms with Gasteiger partial charge in [-0.3, -0.25) is 9.59 Å². The van der Waals surface area contributed by atoms with Gasteiger partial charge in [-0.05, 0) is 30.9 Å². The molecule has 130 valence electrons. The van der Waals surface area contributed by atoms with Crippen molar-refractivity contribution in [3.05, 3.63) is 45.9 Å². The smallest absolute Gasteiger partial charge is 0.263 e. The number of carbonyl (C=O) groups is 2. The molecule has 1 fully saturated rings. The van der Waals surface area contributed by atoms with Gasteiger partial charge >= 0.3 is 0 Å². The third kappa shape index (κ3) is 3.18. The lowest BCUT2D eigenvalue weighted by Gasteiger charge is -2.11. The van der Waals surface area contributed by atoms with Crippen LogP contribution >= 0.6 is 11.3 Å². The molecule has 1 atom stereocenters. The predicted octanol–water partition coefficient (Wildman–Crippen LogP) is 3.66. The van der Waals surface area contributed by atoms with E-state index in [2.05, 4.69) is 15.6 Å². The molecule has 2 heterocycles. The fourth-order valence-electron chi connectivity index (χ4n) is 3.89. The van der Waals surface area contributed by atoms with Crippen LogP contribution in [0.3, 0.4) is 0 Å². The number of carbonyl (C=O) groups excluding carboxylic acids is 2. The average molecular weight is 355 g/mol. The molecule has 0 unspecified atom stereocenters. The first-order valence-electron chi connectivity index (χ1n) is 8.85. The Morgan fingerprint density at radius 1 is 1.28 bits per heavy atom. The van der Waals surface area contributed by atoms with Gasteiger partial charge in [-0.1, -0.05) is 31.0 Å². The zero-order valence-corrected chi connectivity index (χ0v) is 14.8. The number of nitrogens with one attached hydrogen (secondary N) is 2. The molecule has 2 aromatic rings. The van der Waals surface area contributed by atoms with E-state index in [0.717, 1.165) is 34.7 Å². The van der Waals surface area contributed by atoms with Gasteiger partial charge in [0.1, 0.15) is 4.88 Å². The fraction of sp³-hybridized carbons (Fsp3) is 0.421. The molecule has 5 nitrogen and oxygen atoms in total. The second-order valence-electron chi connectivity index (χ2n) is 6.72. The molecule has 1 aliphatic heterocycles. The Morgan fingerprint density at radius 3 is 2.92 bits per heavy atom. The lowest BCUT2D eigenvalue weighted by molar-refractivity contribution is -0.117. The topological polar surface area (TPSA) is 71.1 Å². The minimum Gasteiger partial charge on any atom is -0.351 e. The van der Waals surface area contributed by atoms with E-state index in [9.17, 15) is 9.59 Å². The molecular weight excluding hydrogens is 334 g/mol. The van der Waals surface area contributed by atoms with Crippen LogP contribution in [-0.4, -0.2) is 23.3 Å². The molecule has 0 radical (unpaired) electrons. The van der Waals surface area contributed by atoms with E-state index in [1.807, 2.05) is 24.3 Å². The maximum Gasteiger partial charge on any atom is 0.263 e. The van der Waals surface area contributed by atoms with Gasteiger partial charge < -0.3 is 10.6 Å². The van der Waals surface area contributed by atoms with Crippen molar-refractivity contribution in [3.63, 3.8) is 0 Å². The molecule has 2 N–H and O–H groups in total. The molecule has 1 aliphatic carbocycles. The standard InChI is InChI=1S/C19H21N3O2S/c23-18-14(13-7-3-4-8-15(13)22-18)9-10-20-19(24)17-16(21-11-25-17)12-5-1-2-6-12/h3-4,7-8,11-12,14H,1-2,5-6,9-10H2,(H,20,24)(H,22,23)/t14-/m0/s1. The van der Waals surface area contributed by atoms with E-state index < -0.39 is 0 Å². The van der Waals surface area contributed by atoms with E-state index in [0.29, 0.717) is 18.9 Å². The summed E-state index contributed by atoms with van der Waals surface area (Å²) >= 11 is 1.41. The molecule has 0 bridgehead atoms. The van der Waals surface area contributed by atoms with Crippen LogP contribution in [0.25, 0.3) is 0 Å². The van der Waals surface area contributed by atoms with Crippen LogP contribution in [0.4, 0.5) is 5.69 Å². The third-order valence-electron chi connectivity index (χ3n) is 5.17. The summed E-state index contributed by atoms with van der Waals surface area (Å²) in [5.74, 6) is 0.197. The second-order valence-corrected chi connectivity index (χ2v) is 7.58. The molecular formula is C19H21N3O2S. The molecule has 1 aromatic heterocycles. The monoisotopic (exact) mass is 355 g/mol. The minimum atomic E-state index is -0.188. The van der Waals surface area contributed by atoms with Gasteiger partial charge in [-0.2, -0.15) is 0 Å². The number of fused-ring (bicyclic) bond motifs is 1. The van der Waals surface area contributed by atoms with Crippen molar-refractivity contribution in [1.82, 2.24) is 10.3 Å². The molecule has 4 rings (SSSR count). The Bertz CT molecular complexity index is 795. The summed E-state index contributed by atoms with van der Waals surface area (Å²) in [4.78, 5) is 29.9. The summed E-state index contributed by atoms with van der Waals surface area (Å²) in [6, 6.07) is 7.74. The van der Waals surface area contributed by atoms with E-state index in [1.54, 1.807) is 5.51 Å². The maximum absolute atomic E-state index is 12.5. The average Bonchev–Trinajstić information content (AvgIpc) is 3.34. The van der Waals surface area contributed by atoms with E-state index in [4.69, 9.17) is 0 Å². The van der Waals surface area contributed by atoms with Gasteiger partial charge in [0.25, 0.3) is 5.91 Å². The highest BCUT2D eigenvalue weighted by atomic mass is 32.1. The molecule has 2 amide bonds. The molecule has 6 heteroatoms. The highest BCUT2D eigenvalue weighted by Gasteiger charge is 2.30. The number of aromatic nitrogens is 1. The van der Waals surface area contributed by atoms with Crippen molar-refractivity contribution in [2.75, 3.05) is 11.9 Å². The van der Waals surface area contributed by atoms with E-state index >= 15 is 0 Å². The fourth-order valence-corrected chi connectivity index (χ4v) is 4.68. The normalized spacial score (nSPS) is 19.7. The molecule has 0 spiro atoms. The first kappa shape index (κ1) is 16.3. The number of thiazole rings is 1.